The zero-order valence-electron chi connectivity index (χ0n) is 21.0. The van der Waals surface area contributed by atoms with Crippen molar-refractivity contribution in [2.45, 2.75) is 38.2 Å². The van der Waals surface area contributed by atoms with Crippen LogP contribution in [-0.2, 0) is 9.47 Å². The summed E-state index contributed by atoms with van der Waals surface area (Å²) in [6, 6.07) is 15.3. The molecule has 0 atom stereocenters. The topological polar surface area (TPSA) is 89.2 Å². The highest BCUT2D eigenvalue weighted by molar-refractivity contribution is 7.19. The van der Waals surface area contributed by atoms with Gasteiger partial charge >= 0.3 is 5.97 Å². The third kappa shape index (κ3) is 6.18. The number of aromatic carboxylic acids is 1. The maximum Gasteiger partial charge on any atom is 0.335 e. The van der Waals surface area contributed by atoms with Crippen LogP contribution in [0.5, 0.6) is 0 Å². The SMILES string of the molecule is COCCCCCOC1CCN(c2ccc(-c3nn4cc(-c5ccc(C(=O)O)cc5)nc4s3)cc2)CC1. The minimum absolute atomic E-state index is 0.260. The van der Waals surface area contributed by atoms with E-state index in [0.29, 0.717) is 6.10 Å². The van der Waals surface area contributed by atoms with Gasteiger partial charge in [0.15, 0.2) is 0 Å². The number of ether oxygens (including phenoxy) is 2. The third-order valence-electron chi connectivity index (χ3n) is 6.74. The largest absolute Gasteiger partial charge is 0.478 e. The first-order chi connectivity index (χ1) is 18.1. The Morgan fingerprint density at radius 2 is 1.70 bits per heavy atom. The highest BCUT2D eigenvalue weighted by Gasteiger charge is 2.20. The Bertz CT molecular complexity index is 1280. The predicted molar refractivity (Wildman–Crippen MR) is 146 cm³/mol. The molecule has 1 aliphatic heterocycles. The van der Waals surface area contributed by atoms with Gasteiger partial charge in [0.05, 0.1) is 23.6 Å². The van der Waals surface area contributed by atoms with Crippen LogP contribution in [-0.4, -0.2) is 65.2 Å². The summed E-state index contributed by atoms with van der Waals surface area (Å²) in [7, 11) is 1.75. The summed E-state index contributed by atoms with van der Waals surface area (Å²) < 4.78 is 13.0. The number of unbranched alkanes of at least 4 members (excludes halogenated alkanes) is 2. The van der Waals surface area contributed by atoms with E-state index in [0.717, 1.165) is 85.2 Å². The van der Waals surface area contributed by atoms with E-state index < -0.39 is 5.97 Å². The first-order valence-electron chi connectivity index (χ1n) is 12.8. The zero-order valence-corrected chi connectivity index (χ0v) is 21.8. The molecule has 4 aromatic rings. The number of benzene rings is 2. The smallest absolute Gasteiger partial charge is 0.335 e. The van der Waals surface area contributed by atoms with Crippen molar-refractivity contribution in [2.24, 2.45) is 0 Å². The zero-order chi connectivity index (χ0) is 25.6. The van der Waals surface area contributed by atoms with Crippen molar-refractivity contribution in [3.8, 4) is 21.8 Å². The van der Waals surface area contributed by atoms with Gasteiger partial charge < -0.3 is 19.5 Å². The number of hydrogen-bond donors (Lipinski definition) is 1. The average molecular weight is 521 g/mol. The van der Waals surface area contributed by atoms with Gasteiger partial charge in [-0.05, 0) is 68.5 Å². The first kappa shape index (κ1) is 25.4. The Hall–Kier alpha value is -3.27. The van der Waals surface area contributed by atoms with Gasteiger partial charge in [0.2, 0.25) is 4.96 Å². The van der Waals surface area contributed by atoms with E-state index in [1.54, 1.807) is 35.9 Å². The van der Waals surface area contributed by atoms with E-state index >= 15 is 0 Å². The molecule has 8 nitrogen and oxygen atoms in total. The maximum atomic E-state index is 11.1. The van der Waals surface area contributed by atoms with Gasteiger partial charge in [-0.15, -0.1) is 0 Å². The second-order valence-corrected chi connectivity index (χ2v) is 10.3. The third-order valence-corrected chi connectivity index (χ3v) is 7.71. The molecule has 3 heterocycles. The molecule has 1 aliphatic rings. The van der Waals surface area contributed by atoms with Gasteiger partial charge in [-0.2, -0.15) is 5.10 Å². The fourth-order valence-corrected chi connectivity index (χ4v) is 5.50. The van der Waals surface area contributed by atoms with Gasteiger partial charge in [0.25, 0.3) is 0 Å². The van der Waals surface area contributed by atoms with Crippen LogP contribution < -0.4 is 4.90 Å². The van der Waals surface area contributed by atoms with Crippen molar-refractivity contribution in [3.05, 3.63) is 60.3 Å². The molecule has 0 unspecified atom stereocenters. The normalized spacial score (nSPS) is 14.5. The maximum absolute atomic E-state index is 11.1. The Labute approximate surface area is 220 Å². The lowest BCUT2D eigenvalue weighted by Gasteiger charge is -2.33. The number of rotatable bonds is 11. The summed E-state index contributed by atoms with van der Waals surface area (Å²) in [4.78, 5) is 19.0. The summed E-state index contributed by atoms with van der Waals surface area (Å²) >= 11 is 1.54. The number of aromatic nitrogens is 3. The number of carboxylic acids is 1. The molecule has 0 bridgehead atoms. The Morgan fingerprint density at radius 3 is 2.38 bits per heavy atom. The number of carboxylic acid groups (broad SMARTS) is 1. The van der Waals surface area contributed by atoms with E-state index in [-0.39, 0.29) is 5.56 Å². The molecule has 194 valence electrons. The molecule has 0 amide bonds. The fraction of sp³-hybridized carbons (Fsp3) is 0.393. The molecule has 1 fully saturated rings. The summed E-state index contributed by atoms with van der Waals surface area (Å²) in [5, 5.41) is 14.7. The lowest BCUT2D eigenvalue weighted by atomic mass is 10.1. The minimum atomic E-state index is -0.937. The summed E-state index contributed by atoms with van der Waals surface area (Å²) in [5.74, 6) is -0.937. The molecule has 9 heteroatoms. The van der Waals surface area contributed by atoms with Crippen molar-refractivity contribution in [2.75, 3.05) is 38.3 Å². The van der Waals surface area contributed by atoms with E-state index in [4.69, 9.17) is 19.7 Å². The summed E-state index contributed by atoms with van der Waals surface area (Å²) in [6.45, 7) is 3.70. The van der Waals surface area contributed by atoms with Crippen LogP contribution in [0.15, 0.2) is 54.7 Å². The second kappa shape index (κ2) is 11.9. The molecular weight excluding hydrogens is 488 g/mol. The van der Waals surface area contributed by atoms with Crippen LogP contribution in [0.25, 0.3) is 26.8 Å². The van der Waals surface area contributed by atoms with Crippen molar-refractivity contribution in [3.63, 3.8) is 0 Å². The molecule has 2 aromatic heterocycles. The highest BCUT2D eigenvalue weighted by atomic mass is 32.1. The number of carbonyl (C=O) groups is 1. The van der Waals surface area contributed by atoms with Gasteiger partial charge in [-0.3, -0.25) is 0 Å². The van der Waals surface area contributed by atoms with E-state index in [2.05, 4.69) is 34.1 Å². The minimum Gasteiger partial charge on any atom is -0.478 e. The van der Waals surface area contributed by atoms with Gasteiger partial charge in [-0.25, -0.2) is 14.3 Å². The molecule has 0 saturated carbocycles. The second-order valence-electron chi connectivity index (χ2n) is 9.30. The monoisotopic (exact) mass is 520 g/mol. The van der Waals surface area contributed by atoms with Crippen LogP contribution >= 0.6 is 11.3 Å². The highest BCUT2D eigenvalue weighted by Crippen LogP contribution is 2.30. The number of hydrogen-bond acceptors (Lipinski definition) is 7. The van der Waals surface area contributed by atoms with Crippen LogP contribution in [0.4, 0.5) is 5.69 Å². The molecule has 1 N–H and O–H groups in total. The summed E-state index contributed by atoms with van der Waals surface area (Å²) in [6.07, 6.45) is 7.74. The fourth-order valence-electron chi connectivity index (χ4n) is 4.61. The Kier molecular flexibility index (Phi) is 8.13. The molecule has 2 aromatic carbocycles. The molecular formula is C28H32N4O4S. The van der Waals surface area contributed by atoms with Crippen LogP contribution in [0.2, 0.25) is 0 Å². The van der Waals surface area contributed by atoms with Crippen LogP contribution in [0, 0.1) is 0 Å². The van der Waals surface area contributed by atoms with Crippen LogP contribution in [0.1, 0.15) is 42.5 Å². The predicted octanol–water partition coefficient (Wildman–Crippen LogP) is 5.63. The van der Waals surface area contributed by atoms with Crippen molar-refractivity contribution >= 4 is 28.0 Å². The van der Waals surface area contributed by atoms with Crippen molar-refractivity contribution < 1.29 is 19.4 Å². The number of piperidine rings is 1. The Morgan fingerprint density at radius 1 is 1.00 bits per heavy atom. The lowest BCUT2D eigenvalue weighted by molar-refractivity contribution is 0.0340. The lowest BCUT2D eigenvalue weighted by Crippen LogP contribution is -2.37. The van der Waals surface area contributed by atoms with Gasteiger partial charge in [-0.1, -0.05) is 23.5 Å². The molecule has 0 spiro atoms. The number of methoxy groups -OCH3 is 1. The van der Waals surface area contributed by atoms with Crippen molar-refractivity contribution in [1.29, 1.82) is 0 Å². The summed E-state index contributed by atoms with van der Waals surface area (Å²) in [5.41, 5.74) is 4.20. The number of anilines is 1. The molecule has 5 rings (SSSR count). The number of imidazole rings is 1. The van der Waals surface area contributed by atoms with Crippen molar-refractivity contribution in [1.82, 2.24) is 14.6 Å². The van der Waals surface area contributed by atoms with E-state index in [9.17, 15) is 4.79 Å². The molecule has 0 aliphatic carbocycles. The first-order valence-corrected chi connectivity index (χ1v) is 13.6. The standard InChI is InChI=1S/C28H32N4O4S/c1-35-17-3-2-4-18-36-24-13-15-31(16-14-24)23-11-9-21(10-12-23)26-30-32-19-25(29-28(32)37-26)20-5-7-22(8-6-20)27(33)34/h5-12,19,24H,2-4,13-18H2,1H3,(H,33,34). The van der Waals surface area contributed by atoms with Gasteiger partial charge in [0.1, 0.15) is 5.01 Å². The van der Waals surface area contributed by atoms with E-state index in [1.165, 1.54) is 17.0 Å². The molecule has 37 heavy (non-hydrogen) atoms. The average Bonchev–Trinajstić information content (AvgIpc) is 3.51. The van der Waals surface area contributed by atoms with E-state index in [1.807, 2.05) is 6.20 Å². The quantitative estimate of drug-likeness (QED) is 0.257. The molecule has 0 radical (unpaired) electrons. The number of fused-ring (bicyclic) bond motifs is 1. The Balaban J connectivity index is 1.15. The van der Waals surface area contributed by atoms with Crippen LogP contribution in [0.3, 0.4) is 0 Å². The molecule has 1 saturated heterocycles. The number of nitrogens with zero attached hydrogens (tertiary/aromatic N) is 4. The van der Waals surface area contributed by atoms with Gasteiger partial charge in [0, 0.05) is 50.2 Å².